The summed E-state index contributed by atoms with van der Waals surface area (Å²) in [6.07, 6.45) is 5.01. The Morgan fingerprint density at radius 2 is 1.85 bits per heavy atom. The van der Waals surface area contributed by atoms with Crippen LogP contribution in [0.5, 0.6) is 6.01 Å². The molecule has 1 amide bonds. The van der Waals surface area contributed by atoms with E-state index in [4.69, 9.17) is 19.4 Å². The maximum atomic E-state index is 12.9. The molecule has 1 saturated carbocycles. The van der Waals surface area contributed by atoms with Crippen molar-refractivity contribution in [3.8, 4) is 16.6 Å². The van der Waals surface area contributed by atoms with E-state index in [0.717, 1.165) is 21.6 Å². The molecule has 0 spiro atoms. The third kappa shape index (κ3) is 5.55. The normalized spacial score (nSPS) is 22.3. The van der Waals surface area contributed by atoms with Gasteiger partial charge in [0.15, 0.2) is 0 Å². The topological polar surface area (TPSA) is 107 Å². The molecule has 0 bridgehead atoms. The molecule has 1 saturated heterocycles. The molecule has 10 heteroatoms. The number of carboxylic acid groups (broad SMARTS) is 1. The zero-order valence-corrected chi connectivity index (χ0v) is 25.0. The summed E-state index contributed by atoms with van der Waals surface area (Å²) in [4.78, 5) is 36.4. The van der Waals surface area contributed by atoms with Crippen LogP contribution in [0.15, 0.2) is 23.6 Å². The molecule has 216 valence electrons. The Morgan fingerprint density at radius 1 is 1.12 bits per heavy atom. The van der Waals surface area contributed by atoms with Gasteiger partial charge < -0.3 is 14.6 Å². The van der Waals surface area contributed by atoms with Crippen molar-refractivity contribution in [2.75, 3.05) is 6.54 Å². The highest BCUT2D eigenvalue weighted by atomic mass is 32.1. The van der Waals surface area contributed by atoms with E-state index in [1.807, 2.05) is 16.7 Å². The second-order valence-corrected chi connectivity index (χ2v) is 13.2. The highest BCUT2D eigenvalue weighted by molar-refractivity contribution is 7.13. The lowest BCUT2D eigenvalue weighted by Crippen LogP contribution is -2.45. The molecular weight excluding hydrogens is 528 g/mol. The van der Waals surface area contributed by atoms with Crippen LogP contribution in [-0.2, 0) is 9.53 Å². The van der Waals surface area contributed by atoms with Crippen LogP contribution in [0.25, 0.3) is 21.6 Å². The van der Waals surface area contributed by atoms with Gasteiger partial charge in [-0.1, -0.05) is 32.3 Å². The predicted molar refractivity (Wildman–Crippen MR) is 155 cm³/mol. The third-order valence-electron chi connectivity index (χ3n) is 7.91. The first-order valence-corrected chi connectivity index (χ1v) is 15.2. The van der Waals surface area contributed by atoms with E-state index in [-0.39, 0.29) is 12.6 Å². The molecule has 1 aliphatic heterocycles. The van der Waals surface area contributed by atoms with Gasteiger partial charge in [0, 0.05) is 28.8 Å². The lowest BCUT2D eigenvalue weighted by Gasteiger charge is -2.27. The zero-order valence-electron chi connectivity index (χ0n) is 24.2. The Labute approximate surface area is 239 Å². The quantitative estimate of drug-likeness (QED) is 0.346. The number of carboxylic acids is 1. The molecule has 5 rings (SSSR count). The predicted octanol–water partition coefficient (Wildman–Crippen LogP) is 6.88. The van der Waals surface area contributed by atoms with Gasteiger partial charge in [0.2, 0.25) is 0 Å². The van der Waals surface area contributed by atoms with Gasteiger partial charge in [-0.2, -0.15) is 4.98 Å². The number of imidazole rings is 1. The number of hydrogen-bond acceptors (Lipinski definition) is 7. The smallest absolute Gasteiger partial charge is 0.411 e. The molecule has 3 atom stereocenters. The second-order valence-electron chi connectivity index (χ2n) is 12.4. The highest BCUT2D eigenvalue weighted by Gasteiger charge is 2.48. The lowest BCUT2D eigenvalue weighted by atomic mass is 9.87. The molecular formula is C30H40N4O5S. The first-order chi connectivity index (χ1) is 18.9. The van der Waals surface area contributed by atoms with Crippen molar-refractivity contribution in [2.24, 2.45) is 5.92 Å². The minimum atomic E-state index is -1.08. The number of thiazole rings is 1. The van der Waals surface area contributed by atoms with Crippen LogP contribution in [0.2, 0.25) is 0 Å². The van der Waals surface area contributed by atoms with Crippen LogP contribution in [0.1, 0.15) is 91.3 Å². The molecule has 40 heavy (non-hydrogen) atoms. The van der Waals surface area contributed by atoms with Gasteiger partial charge >= 0.3 is 12.1 Å². The number of likely N-dealkylation sites (tertiary alicyclic amines) is 1. The monoisotopic (exact) mass is 568 g/mol. The highest BCUT2D eigenvalue weighted by Crippen LogP contribution is 2.39. The Bertz CT molecular complexity index is 1380. The summed E-state index contributed by atoms with van der Waals surface area (Å²) < 4.78 is 14.0. The molecule has 1 aliphatic carbocycles. The van der Waals surface area contributed by atoms with Crippen LogP contribution in [0.4, 0.5) is 4.79 Å². The number of rotatable bonds is 6. The largest absolute Gasteiger partial charge is 0.480 e. The number of hydrogen-bond donors (Lipinski definition) is 1. The summed E-state index contributed by atoms with van der Waals surface area (Å²) in [5.41, 5.74) is 3.14. The van der Waals surface area contributed by atoms with E-state index >= 15 is 0 Å². The molecule has 2 fully saturated rings. The van der Waals surface area contributed by atoms with E-state index in [1.165, 1.54) is 42.7 Å². The maximum Gasteiger partial charge on any atom is 0.411 e. The SMILES string of the molecule is CC1C(Oc2nc3c(-c4nc(C5CCCCC5)cs4)cccc3n2C(C)C)CN(C(=O)OC(C)(C)C)C1C(=O)O. The zero-order chi connectivity index (χ0) is 28.8. The van der Waals surface area contributed by atoms with E-state index < -0.39 is 35.7 Å². The number of benzene rings is 1. The van der Waals surface area contributed by atoms with Gasteiger partial charge in [0.25, 0.3) is 6.01 Å². The molecule has 3 unspecified atom stereocenters. The Morgan fingerprint density at radius 3 is 2.50 bits per heavy atom. The van der Waals surface area contributed by atoms with Crippen LogP contribution >= 0.6 is 11.3 Å². The molecule has 1 aromatic carbocycles. The first kappa shape index (κ1) is 28.4. The number of fused-ring (bicyclic) bond motifs is 1. The van der Waals surface area contributed by atoms with Crippen molar-refractivity contribution >= 4 is 34.4 Å². The minimum absolute atomic E-state index is 0.0401. The summed E-state index contributed by atoms with van der Waals surface area (Å²) in [6, 6.07) is 5.50. The van der Waals surface area contributed by atoms with E-state index in [1.54, 1.807) is 39.0 Å². The summed E-state index contributed by atoms with van der Waals surface area (Å²) in [5.74, 6) is -1.02. The second kappa shape index (κ2) is 11.0. The summed E-state index contributed by atoms with van der Waals surface area (Å²) in [7, 11) is 0. The number of carbonyl (C=O) groups is 2. The summed E-state index contributed by atoms with van der Waals surface area (Å²) in [5, 5.41) is 13.1. The average Bonchev–Trinajstić information content (AvgIpc) is 3.59. The van der Waals surface area contributed by atoms with Crippen molar-refractivity contribution in [2.45, 2.75) is 103 Å². The van der Waals surface area contributed by atoms with E-state index in [2.05, 4.69) is 25.3 Å². The number of amides is 1. The van der Waals surface area contributed by atoms with Crippen molar-refractivity contribution in [3.63, 3.8) is 0 Å². The van der Waals surface area contributed by atoms with Crippen LogP contribution < -0.4 is 4.74 Å². The van der Waals surface area contributed by atoms with Gasteiger partial charge in [0.05, 0.1) is 17.8 Å². The van der Waals surface area contributed by atoms with Crippen molar-refractivity contribution in [3.05, 3.63) is 29.3 Å². The van der Waals surface area contributed by atoms with Crippen LogP contribution in [-0.4, -0.2) is 60.9 Å². The van der Waals surface area contributed by atoms with Crippen LogP contribution in [0, 0.1) is 5.92 Å². The Kier molecular flexibility index (Phi) is 7.83. The Hall–Kier alpha value is -3.14. The number of aromatic nitrogens is 3. The fraction of sp³-hybridized carbons (Fsp3) is 0.600. The fourth-order valence-electron chi connectivity index (χ4n) is 5.95. The molecule has 3 aromatic rings. The standard InChI is InChI=1S/C30H40N4O5S/c1-17(2)34-22-14-10-13-20(26-31-21(16-40-26)19-11-8-7-9-12-19)24(22)32-28(34)38-23-15-33(25(18(23)3)27(35)36)29(37)39-30(4,5)6/h10,13-14,16-19,23,25H,7-9,11-12,15H2,1-6H3,(H,35,36). The number of carbonyl (C=O) groups excluding carboxylic acids is 1. The minimum Gasteiger partial charge on any atom is -0.480 e. The molecule has 0 radical (unpaired) electrons. The van der Waals surface area contributed by atoms with Crippen LogP contribution in [0.3, 0.4) is 0 Å². The first-order valence-electron chi connectivity index (χ1n) is 14.3. The number of aliphatic carboxylic acids is 1. The fourth-order valence-corrected chi connectivity index (χ4v) is 6.88. The van der Waals surface area contributed by atoms with Crippen molar-refractivity contribution in [1.29, 1.82) is 0 Å². The molecule has 2 aliphatic rings. The third-order valence-corrected chi connectivity index (χ3v) is 8.81. The number of ether oxygens (including phenoxy) is 2. The van der Waals surface area contributed by atoms with Gasteiger partial charge in [0.1, 0.15) is 28.3 Å². The van der Waals surface area contributed by atoms with Crippen molar-refractivity contribution in [1.82, 2.24) is 19.4 Å². The maximum absolute atomic E-state index is 12.9. The van der Waals surface area contributed by atoms with Gasteiger partial charge in [-0.25, -0.2) is 14.6 Å². The summed E-state index contributed by atoms with van der Waals surface area (Å²) in [6.45, 7) is 11.3. The van der Waals surface area contributed by atoms with E-state index in [9.17, 15) is 14.7 Å². The molecule has 3 heterocycles. The number of para-hydroxylation sites is 1. The average molecular weight is 569 g/mol. The summed E-state index contributed by atoms with van der Waals surface area (Å²) >= 11 is 1.65. The molecule has 2 aromatic heterocycles. The number of nitrogens with zero attached hydrogens (tertiary/aromatic N) is 4. The van der Waals surface area contributed by atoms with E-state index in [0.29, 0.717) is 11.9 Å². The molecule has 1 N–H and O–H groups in total. The van der Waals surface area contributed by atoms with Gasteiger partial charge in [-0.3, -0.25) is 9.47 Å². The van der Waals surface area contributed by atoms with Crippen molar-refractivity contribution < 1.29 is 24.2 Å². The Balaban J connectivity index is 1.47. The molecule has 9 nitrogen and oxygen atoms in total. The lowest BCUT2D eigenvalue weighted by molar-refractivity contribution is -0.143. The van der Waals surface area contributed by atoms with Gasteiger partial charge in [-0.05, 0) is 59.6 Å². The van der Waals surface area contributed by atoms with Gasteiger partial charge in [-0.15, -0.1) is 11.3 Å².